The number of aromatic nitrogens is 2. The van der Waals surface area contributed by atoms with Gasteiger partial charge < -0.3 is 5.32 Å². The van der Waals surface area contributed by atoms with Crippen LogP contribution in [0, 0.1) is 5.92 Å². The highest BCUT2D eigenvalue weighted by molar-refractivity contribution is 6.29. The van der Waals surface area contributed by atoms with Gasteiger partial charge in [0.1, 0.15) is 17.3 Å². The summed E-state index contributed by atoms with van der Waals surface area (Å²) in [5.74, 6) is 1.74. The van der Waals surface area contributed by atoms with Gasteiger partial charge in [0.15, 0.2) is 0 Å². The minimum atomic E-state index is 0.466. The number of halogens is 1. The molecular weight excluding hydrogens is 198 g/mol. The quantitative estimate of drug-likeness (QED) is 0.779. The summed E-state index contributed by atoms with van der Waals surface area (Å²) in [5, 5.41) is 3.81. The van der Waals surface area contributed by atoms with Crippen LogP contribution in [0.5, 0.6) is 0 Å². The molecule has 0 aliphatic heterocycles. The third-order valence-electron chi connectivity index (χ3n) is 2.41. The van der Waals surface area contributed by atoms with Crippen molar-refractivity contribution in [2.75, 3.05) is 5.32 Å². The van der Waals surface area contributed by atoms with Gasteiger partial charge in [-0.15, -0.1) is 0 Å². The molecule has 14 heavy (non-hydrogen) atoms. The van der Waals surface area contributed by atoms with E-state index in [1.54, 1.807) is 6.07 Å². The number of rotatable bonds is 4. The van der Waals surface area contributed by atoms with E-state index in [4.69, 9.17) is 11.6 Å². The summed E-state index contributed by atoms with van der Waals surface area (Å²) in [4.78, 5) is 7.94. The van der Waals surface area contributed by atoms with Crippen LogP contribution in [-0.2, 0) is 0 Å². The van der Waals surface area contributed by atoms with Gasteiger partial charge in [0, 0.05) is 12.1 Å². The number of nitrogens with zero attached hydrogens (tertiary/aromatic N) is 2. The molecule has 1 fully saturated rings. The lowest BCUT2D eigenvalue weighted by molar-refractivity contribution is 0.640. The highest BCUT2D eigenvalue weighted by Gasteiger charge is 2.23. The normalized spacial score (nSPS) is 17.9. The van der Waals surface area contributed by atoms with E-state index in [2.05, 4.69) is 22.2 Å². The Balaban J connectivity index is 1.88. The maximum atomic E-state index is 5.76. The van der Waals surface area contributed by atoms with Crippen molar-refractivity contribution >= 4 is 17.4 Å². The van der Waals surface area contributed by atoms with Crippen LogP contribution in [0.1, 0.15) is 26.2 Å². The summed E-state index contributed by atoms with van der Waals surface area (Å²) >= 11 is 5.76. The second-order valence-corrected chi connectivity index (χ2v) is 4.34. The zero-order valence-electron chi connectivity index (χ0n) is 8.20. The lowest BCUT2D eigenvalue weighted by atomic mass is 10.1. The summed E-state index contributed by atoms with van der Waals surface area (Å²) < 4.78 is 0. The molecular formula is C10H14ClN3. The monoisotopic (exact) mass is 211 g/mol. The van der Waals surface area contributed by atoms with Crippen molar-refractivity contribution < 1.29 is 0 Å². The van der Waals surface area contributed by atoms with Crippen LogP contribution in [0.4, 0.5) is 5.82 Å². The van der Waals surface area contributed by atoms with Crippen molar-refractivity contribution in [2.45, 2.75) is 32.2 Å². The average molecular weight is 212 g/mol. The van der Waals surface area contributed by atoms with E-state index in [0.717, 1.165) is 11.7 Å². The number of anilines is 1. The van der Waals surface area contributed by atoms with Crippen molar-refractivity contribution in [3.05, 3.63) is 17.5 Å². The fourth-order valence-corrected chi connectivity index (χ4v) is 1.72. The summed E-state index contributed by atoms with van der Waals surface area (Å²) in [6.07, 6.45) is 5.48. The molecule has 3 nitrogen and oxygen atoms in total. The molecule has 0 amide bonds. The van der Waals surface area contributed by atoms with Crippen LogP contribution in [0.3, 0.4) is 0 Å². The fourth-order valence-electron chi connectivity index (χ4n) is 1.58. The molecule has 1 aromatic heterocycles. The van der Waals surface area contributed by atoms with Crippen LogP contribution in [0.15, 0.2) is 12.4 Å². The second kappa shape index (κ2) is 4.13. The van der Waals surface area contributed by atoms with E-state index < -0.39 is 0 Å². The van der Waals surface area contributed by atoms with E-state index in [-0.39, 0.29) is 0 Å². The zero-order valence-corrected chi connectivity index (χ0v) is 8.96. The minimum Gasteiger partial charge on any atom is -0.367 e. The van der Waals surface area contributed by atoms with Gasteiger partial charge in [-0.05, 0) is 19.3 Å². The van der Waals surface area contributed by atoms with Crippen molar-refractivity contribution in [3.8, 4) is 0 Å². The third kappa shape index (κ3) is 2.84. The van der Waals surface area contributed by atoms with Crippen LogP contribution in [0.25, 0.3) is 0 Å². The smallest absolute Gasteiger partial charge is 0.134 e. The van der Waals surface area contributed by atoms with Crippen LogP contribution in [0.2, 0.25) is 5.15 Å². The molecule has 0 aromatic carbocycles. The average Bonchev–Trinajstić information content (AvgIpc) is 2.87. The Kier molecular flexibility index (Phi) is 2.87. The van der Waals surface area contributed by atoms with E-state index >= 15 is 0 Å². The Bertz CT molecular complexity index is 312. The lowest BCUT2D eigenvalue weighted by Crippen LogP contribution is -2.16. The van der Waals surface area contributed by atoms with Gasteiger partial charge in [-0.25, -0.2) is 9.97 Å². The van der Waals surface area contributed by atoms with Crippen LogP contribution < -0.4 is 5.32 Å². The maximum Gasteiger partial charge on any atom is 0.134 e. The summed E-state index contributed by atoms with van der Waals surface area (Å²) in [5.41, 5.74) is 0. The first-order chi connectivity index (χ1) is 6.74. The molecule has 0 radical (unpaired) electrons. The predicted octanol–water partition coefficient (Wildman–Crippen LogP) is 2.73. The van der Waals surface area contributed by atoms with E-state index in [0.29, 0.717) is 11.2 Å². The second-order valence-electron chi connectivity index (χ2n) is 3.95. The van der Waals surface area contributed by atoms with E-state index in [9.17, 15) is 0 Å². The predicted molar refractivity (Wildman–Crippen MR) is 57.5 cm³/mol. The molecule has 1 saturated carbocycles. The van der Waals surface area contributed by atoms with E-state index in [1.807, 2.05) is 0 Å². The first-order valence-electron chi connectivity index (χ1n) is 4.98. The highest BCUT2D eigenvalue weighted by Crippen LogP contribution is 2.33. The molecule has 1 aromatic rings. The fraction of sp³-hybridized carbons (Fsp3) is 0.600. The molecule has 1 N–H and O–H groups in total. The summed E-state index contributed by atoms with van der Waals surface area (Å²) in [7, 11) is 0. The van der Waals surface area contributed by atoms with Crippen molar-refractivity contribution in [2.24, 2.45) is 5.92 Å². The van der Waals surface area contributed by atoms with Crippen molar-refractivity contribution in [1.29, 1.82) is 0 Å². The van der Waals surface area contributed by atoms with Gasteiger partial charge in [0.25, 0.3) is 0 Å². The van der Waals surface area contributed by atoms with Crippen LogP contribution in [-0.4, -0.2) is 16.0 Å². The van der Waals surface area contributed by atoms with Crippen LogP contribution >= 0.6 is 11.6 Å². The Labute approximate surface area is 88.9 Å². The first kappa shape index (κ1) is 9.71. The van der Waals surface area contributed by atoms with Gasteiger partial charge in [0.2, 0.25) is 0 Å². The van der Waals surface area contributed by atoms with Gasteiger partial charge in [-0.1, -0.05) is 24.4 Å². The van der Waals surface area contributed by atoms with Crippen molar-refractivity contribution in [1.82, 2.24) is 9.97 Å². The van der Waals surface area contributed by atoms with Gasteiger partial charge in [0.05, 0.1) is 0 Å². The Morgan fingerprint density at radius 2 is 2.36 bits per heavy atom. The van der Waals surface area contributed by atoms with Gasteiger partial charge in [-0.3, -0.25) is 0 Å². The van der Waals surface area contributed by atoms with E-state index in [1.165, 1.54) is 25.6 Å². The molecule has 1 aliphatic carbocycles. The molecule has 0 saturated heterocycles. The Morgan fingerprint density at radius 3 is 3.00 bits per heavy atom. The molecule has 2 rings (SSSR count). The molecule has 1 atom stereocenters. The topological polar surface area (TPSA) is 37.8 Å². The minimum absolute atomic E-state index is 0.466. The highest BCUT2D eigenvalue weighted by atomic mass is 35.5. The maximum absolute atomic E-state index is 5.76. The number of nitrogens with one attached hydrogen (secondary N) is 1. The Hall–Kier alpha value is -0.830. The molecule has 1 heterocycles. The molecule has 76 valence electrons. The molecule has 1 aliphatic rings. The van der Waals surface area contributed by atoms with Gasteiger partial charge >= 0.3 is 0 Å². The standard InChI is InChI=1S/C10H14ClN3/c1-7(4-8-2-3-8)14-10-5-9(11)12-6-13-10/h5-8H,2-4H2,1H3,(H,12,13,14). The first-order valence-corrected chi connectivity index (χ1v) is 5.36. The van der Waals surface area contributed by atoms with Gasteiger partial charge in [-0.2, -0.15) is 0 Å². The third-order valence-corrected chi connectivity index (χ3v) is 2.62. The summed E-state index contributed by atoms with van der Waals surface area (Å²) in [6.45, 7) is 2.17. The number of hydrogen-bond donors (Lipinski definition) is 1. The SMILES string of the molecule is CC(CC1CC1)Nc1cc(Cl)ncn1. The Morgan fingerprint density at radius 1 is 1.57 bits per heavy atom. The largest absolute Gasteiger partial charge is 0.367 e. The molecule has 1 unspecified atom stereocenters. The summed E-state index contributed by atoms with van der Waals surface area (Å²) in [6, 6.07) is 2.22. The number of hydrogen-bond acceptors (Lipinski definition) is 3. The van der Waals surface area contributed by atoms with Crippen molar-refractivity contribution in [3.63, 3.8) is 0 Å². The lowest BCUT2D eigenvalue weighted by Gasteiger charge is -2.13. The zero-order chi connectivity index (χ0) is 9.97. The molecule has 0 spiro atoms. The molecule has 0 bridgehead atoms. The molecule has 4 heteroatoms.